The molecule has 1 aliphatic rings. The number of halogens is 2. The Morgan fingerprint density at radius 1 is 1.12 bits per heavy atom. The van der Waals surface area contributed by atoms with Gasteiger partial charge in [-0.2, -0.15) is 0 Å². The number of carbonyl (C=O) groups excluding carboxylic acids is 2. The summed E-state index contributed by atoms with van der Waals surface area (Å²) in [6, 6.07) is 10.5. The van der Waals surface area contributed by atoms with Gasteiger partial charge in [-0.15, -0.1) is 0 Å². The van der Waals surface area contributed by atoms with Gasteiger partial charge < -0.3 is 9.47 Å². The van der Waals surface area contributed by atoms with Gasteiger partial charge >= 0.3 is 6.09 Å². The average molecular weight is 380 g/mol. The van der Waals surface area contributed by atoms with Crippen LogP contribution in [0.5, 0.6) is 11.5 Å². The van der Waals surface area contributed by atoms with Crippen LogP contribution in [-0.2, 0) is 22.4 Å². The highest BCUT2D eigenvalue weighted by atomic mass is 35.5. The molecular weight excluding hydrogens is 365 g/mol. The molecule has 1 unspecified atom stereocenters. The largest absolute Gasteiger partial charge is 0.456 e. The topological polar surface area (TPSA) is 64.6 Å². The first-order valence-electron chi connectivity index (χ1n) is 7.72. The molecule has 1 aliphatic heterocycles. The molecule has 2 amide bonds. The molecule has 3 rings (SSSR count). The highest BCUT2D eigenvalue weighted by Crippen LogP contribution is 2.32. The lowest BCUT2D eigenvalue weighted by Crippen LogP contribution is -2.26. The smallest absolute Gasteiger partial charge is 0.414 e. The molecule has 1 saturated heterocycles. The van der Waals surface area contributed by atoms with Crippen LogP contribution in [0.1, 0.15) is 18.1 Å². The predicted octanol–water partition coefficient (Wildman–Crippen LogP) is 4.53. The third-order valence-electron chi connectivity index (χ3n) is 3.85. The number of amides is 2. The number of benzene rings is 2. The Morgan fingerprint density at radius 2 is 1.92 bits per heavy atom. The third-order valence-corrected chi connectivity index (χ3v) is 4.38. The van der Waals surface area contributed by atoms with Crippen LogP contribution in [0.15, 0.2) is 36.4 Å². The van der Waals surface area contributed by atoms with Crippen LogP contribution >= 0.6 is 23.2 Å². The Labute approximate surface area is 154 Å². The van der Waals surface area contributed by atoms with Gasteiger partial charge in [-0.1, -0.05) is 36.2 Å². The van der Waals surface area contributed by atoms with Crippen molar-refractivity contribution in [2.75, 3.05) is 0 Å². The van der Waals surface area contributed by atoms with Crippen molar-refractivity contribution in [2.45, 2.75) is 25.9 Å². The van der Waals surface area contributed by atoms with Gasteiger partial charge in [0.15, 0.2) is 6.10 Å². The summed E-state index contributed by atoms with van der Waals surface area (Å²) in [6.45, 7) is 2.00. The fourth-order valence-corrected chi connectivity index (χ4v) is 3.05. The van der Waals surface area contributed by atoms with Crippen molar-refractivity contribution in [3.8, 4) is 11.5 Å². The van der Waals surface area contributed by atoms with E-state index in [0.29, 0.717) is 28.0 Å². The van der Waals surface area contributed by atoms with Crippen LogP contribution in [0.25, 0.3) is 0 Å². The van der Waals surface area contributed by atoms with Crippen LogP contribution in [0.2, 0.25) is 10.0 Å². The Bertz CT molecular complexity index is 838. The summed E-state index contributed by atoms with van der Waals surface area (Å²) in [5, 5.41) is 3.08. The minimum Gasteiger partial charge on any atom is -0.456 e. The van der Waals surface area contributed by atoms with Crippen LogP contribution < -0.4 is 10.1 Å². The molecule has 1 fully saturated rings. The number of carbonyl (C=O) groups is 2. The van der Waals surface area contributed by atoms with Crippen LogP contribution in [0, 0.1) is 0 Å². The zero-order chi connectivity index (χ0) is 18.0. The maximum Gasteiger partial charge on any atom is 0.414 e. The molecule has 0 radical (unpaired) electrons. The number of aryl methyl sites for hydroxylation is 1. The van der Waals surface area contributed by atoms with E-state index in [0.717, 1.165) is 17.5 Å². The van der Waals surface area contributed by atoms with E-state index in [9.17, 15) is 9.59 Å². The van der Waals surface area contributed by atoms with E-state index >= 15 is 0 Å². The highest BCUT2D eigenvalue weighted by molar-refractivity contribution is 6.35. The number of imide groups is 1. The van der Waals surface area contributed by atoms with Crippen molar-refractivity contribution in [2.24, 2.45) is 0 Å². The molecule has 1 atom stereocenters. The number of nitrogens with one attached hydrogen (secondary N) is 1. The normalized spacial score (nSPS) is 16.5. The number of hydrogen-bond donors (Lipinski definition) is 1. The van der Waals surface area contributed by atoms with E-state index in [1.54, 1.807) is 24.3 Å². The number of hydrogen-bond acceptors (Lipinski definition) is 4. The third kappa shape index (κ3) is 4.06. The summed E-state index contributed by atoms with van der Waals surface area (Å²) < 4.78 is 10.8. The second kappa shape index (κ2) is 7.33. The van der Waals surface area contributed by atoms with Gasteiger partial charge in [0, 0.05) is 11.4 Å². The van der Waals surface area contributed by atoms with E-state index in [-0.39, 0.29) is 0 Å². The van der Waals surface area contributed by atoms with E-state index in [2.05, 4.69) is 5.32 Å². The molecule has 0 aliphatic carbocycles. The number of ether oxygens (including phenoxy) is 2. The molecular formula is C18H15Cl2NO4. The summed E-state index contributed by atoms with van der Waals surface area (Å²) in [5.41, 5.74) is 1.92. The van der Waals surface area contributed by atoms with Gasteiger partial charge in [0.2, 0.25) is 0 Å². The summed E-state index contributed by atoms with van der Waals surface area (Å²) in [5.74, 6) is 0.711. The van der Waals surface area contributed by atoms with Crippen molar-refractivity contribution < 1.29 is 19.1 Å². The van der Waals surface area contributed by atoms with Gasteiger partial charge in [0.05, 0.1) is 5.02 Å². The fraction of sp³-hybridized carbons (Fsp3) is 0.222. The zero-order valence-corrected chi connectivity index (χ0v) is 14.9. The zero-order valence-electron chi connectivity index (χ0n) is 13.3. The summed E-state index contributed by atoms with van der Waals surface area (Å²) in [7, 11) is 0. The van der Waals surface area contributed by atoms with E-state index in [1.807, 2.05) is 19.1 Å². The van der Waals surface area contributed by atoms with Gasteiger partial charge in [0.1, 0.15) is 11.5 Å². The summed E-state index contributed by atoms with van der Waals surface area (Å²) in [6.07, 6.45) is -0.438. The number of rotatable bonds is 5. The maximum atomic E-state index is 11.7. The molecule has 0 saturated carbocycles. The van der Waals surface area contributed by atoms with Gasteiger partial charge in [-0.3, -0.25) is 10.1 Å². The SMILES string of the molecule is CCc1cc(Oc2ccc(Cl)cc2Cl)ccc1CC1OC(=O)NC1=O. The monoisotopic (exact) mass is 379 g/mol. The van der Waals surface area contributed by atoms with Crippen molar-refractivity contribution in [1.29, 1.82) is 0 Å². The molecule has 2 aromatic rings. The van der Waals surface area contributed by atoms with E-state index in [4.69, 9.17) is 32.7 Å². The minimum atomic E-state index is -0.796. The maximum absolute atomic E-state index is 11.7. The van der Waals surface area contributed by atoms with E-state index < -0.39 is 18.1 Å². The summed E-state index contributed by atoms with van der Waals surface area (Å²) in [4.78, 5) is 22.8. The molecule has 1 heterocycles. The lowest BCUT2D eigenvalue weighted by Gasteiger charge is -2.14. The molecule has 130 valence electrons. The van der Waals surface area contributed by atoms with Crippen LogP contribution in [0.4, 0.5) is 4.79 Å². The number of cyclic esters (lactones) is 1. The molecule has 7 heteroatoms. The molecule has 0 spiro atoms. The lowest BCUT2D eigenvalue weighted by molar-refractivity contribution is -0.123. The first-order valence-corrected chi connectivity index (χ1v) is 8.48. The van der Waals surface area contributed by atoms with Crippen molar-refractivity contribution in [3.05, 3.63) is 57.6 Å². The molecule has 0 bridgehead atoms. The Kier molecular flexibility index (Phi) is 5.16. The average Bonchev–Trinajstić information content (AvgIpc) is 2.89. The quantitative estimate of drug-likeness (QED) is 0.828. The fourth-order valence-electron chi connectivity index (χ4n) is 2.61. The summed E-state index contributed by atoms with van der Waals surface area (Å²) >= 11 is 12.0. The second-order valence-corrected chi connectivity index (χ2v) is 6.39. The molecule has 25 heavy (non-hydrogen) atoms. The van der Waals surface area contributed by atoms with Crippen molar-refractivity contribution in [1.82, 2.24) is 5.32 Å². The molecule has 5 nitrogen and oxygen atoms in total. The van der Waals surface area contributed by atoms with Crippen molar-refractivity contribution >= 4 is 35.2 Å². The molecule has 2 aromatic carbocycles. The second-order valence-electron chi connectivity index (χ2n) is 5.55. The van der Waals surface area contributed by atoms with Gasteiger partial charge in [0.25, 0.3) is 5.91 Å². The van der Waals surface area contributed by atoms with Crippen molar-refractivity contribution in [3.63, 3.8) is 0 Å². The Morgan fingerprint density at radius 3 is 2.56 bits per heavy atom. The first kappa shape index (κ1) is 17.6. The Balaban J connectivity index is 1.79. The van der Waals surface area contributed by atoms with Crippen LogP contribution in [-0.4, -0.2) is 18.1 Å². The first-order chi connectivity index (χ1) is 12.0. The standard InChI is InChI=1S/C18H15Cl2NO4/c1-2-10-7-13(24-15-6-4-12(19)9-14(15)20)5-3-11(10)8-16-17(22)21-18(23)25-16/h3-7,9,16H,2,8H2,1H3,(H,21,22,23). The number of alkyl carbamates (subject to hydrolysis) is 1. The predicted molar refractivity (Wildman–Crippen MR) is 94.5 cm³/mol. The molecule has 0 aromatic heterocycles. The van der Waals surface area contributed by atoms with E-state index in [1.165, 1.54) is 0 Å². The lowest BCUT2D eigenvalue weighted by atomic mass is 9.99. The Hall–Kier alpha value is -2.24. The van der Waals surface area contributed by atoms with Gasteiger partial charge in [-0.05, 0) is 47.9 Å². The minimum absolute atomic E-state index is 0.322. The highest BCUT2D eigenvalue weighted by Gasteiger charge is 2.32. The van der Waals surface area contributed by atoms with Gasteiger partial charge in [-0.25, -0.2) is 4.79 Å². The molecule has 1 N–H and O–H groups in total. The van der Waals surface area contributed by atoms with Crippen LogP contribution in [0.3, 0.4) is 0 Å².